The van der Waals surface area contributed by atoms with Crippen molar-refractivity contribution in [1.29, 1.82) is 0 Å². The van der Waals surface area contributed by atoms with Gasteiger partial charge in [0.15, 0.2) is 0 Å². The number of methoxy groups -OCH3 is 1. The number of anilines is 1. The minimum absolute atomic E-state index is 0.0211. The number of hydrogen-bond acceptors (Lipinski definition) is 7. The minimum Gasteiger partial charge on any atom is -0.465 e. The van der Waals surface area contributed by atoms with Crippen LogP contribution in [-0.4, -0.2) is 61.6 Å². The molecule has 11 heteroatoms. The molecule has 1 aromatic heterocycles. The fourth-order valence-corrected chi connectivity index (χ4v) is 9.88. The molecular formula is C28H35N3O6S2. The Morgan fingerprint density at radius 1 is 1.10 bits per heavy atom. The highest BCUT2D eigenvalue weighted by Gasteiger charge is 2.53. The lowest BCUT2D eigenvalue weighted by atomic mass is 9.65. The van der Waals surface area contributed by atoms with E-state index < -0.39 is 21.9 Å². The number of hydrogen-bond donors (Lipinski definition) is 1. The zero-order chi connectivity index (χ0) is 28.3. The highest BCUT2D eigenvalue weighted by molar-refractivity contribution is 7.89. The zero-order valence-electron chi connectivity index (χ0n) is 23.0. The van der Waals surface area contributed by atoms with Gasteiger partial charge in [0.05, 0.1) is 24.1 Å². The lowest BCUT2D eigenvalue weighted by Crippen LogP contribution is -2.37. The summed E-state index contributed by atoms with van der Waals surface area (Å²) < 4.78 is 33.8. The van der Waals surface area contributed by atoms with Gasteiger partial charge < -0.3 is 15.0 Å². The summed E-state index contributed by atoms with van der Waals surface area (Å²) >= 11 is 1.25. The molecule has 2 atom stereocenters. The van der Waals surface area contributed by atoms with E-state index in [1.54, 1.807) is 9.21 Å². The molecular weight excluding hydrogens is 538 g/mol. The molecule has 1 aliphatic carbocycles. The zero-order valence-corrected chi connectivity index (χ0v) is 24.6. The Kier molecular flexibility index (Phi) is 6.92. The van der Waals surface area contributed by atoms with Gasteiger partial charge in [0.25, 0.3) is 5.91 Å². The second kappa shape index (κ2) is 9.71. The summed E-state index contributed by atoms with van der Waals surface area (Å²) in [5.74, 6) is -1.06. The lowest BCUT2D eigenvalue weighted by Gasteiger charge is -2.39. The Labute approximate surface area is 233 Å². The van der Waals surface area contributed by atoms with Gasteiger partial charge >= 0.3 is 5.97 Å². The highest BCUT2D eigenvalue weighted by Crippen LogP contribution is 2.53. The number of thiophene rings is 1. The van der Waals surface area contributed by atoms with Crippen molar-refractivity contribution in [3.8, 4) is 0 Å². The number of rotatable bonds is 5. The summed E-state index contributed by atoms with van der Waals surface area (Å²) in [5, 5.41) is 3.18. The normalized spacial score (nSPS) is 24.2. The van der Waals surface area contributed by atoms with Crippen molar-refractivity contribution in [2.75, 3.05) is 25.5 Å². The molecule has 0 spiro atoms. The van der Waals surface area contributed by atoms with Gasteiger partial charge in [-0.1, -0.05) is 20.8 Å². The summed E-state index contributed by atoms with van der Waals surface area (Å²) in [7, 11) is -2.42. The third-order valence-corrected chi connectivity index (χ3v) is 11.3. The molecule has 1 N–H and O–H groups in total. The highest BCUT2D eigenvalue weighted by atomic mass is 32.2. The maximum Gasteiger partial charge on any atom is 0.341 e. The van der Waals surface area contributed by atoms with E-state index in [1.165, 1.54) is 49.6 Å². The van der Waals surface area contributed by atoms with Gasteiger partial charge in [-0.2, -0.15) is 4.31 Å². The Morgan fingerprint density at radius 2 is 1.79 bits per heavy atom. The van der Waals surface area contributed by atoms with E-state index in [1.807, 2.05) is 0 Å². The molecule has 0 unspecified atom stereocenters. The van der Waals surface area contributed by atoms with Crippen molar-refractivity contribution in [3.63, 3.8) is 0 Å². The molecule has 1 aromatic carbocycles. The molecule has 5 rings (SSSR count). The summed E-state index contributed by atoms with van der Waals surface area (Å²) in [4.78, 5) is 40.3. The smallest absolute Gasteiger partial charge is 0.341 e. The Morgan fingerprint density at radius 3 is 2.44 bits per heavy atom. The predicted octanol–water partition coefficient (Wildman–Crippen LogP) is 4.28. The molecule has 2 bridgehead atoms. The quantitative estimate of drug-likeness (QED) is 0.535. The molecule has 2 aliphatic heterocycles. The predicted molar refractivity (Wildman–Crippen MR) is 148 cm³/mol. The number of carbonyl (C=O) groups is 3. The Balaban J connectivity index is 1.36. The molecule has 210 valence electrons. The van der Waals surface area contributed by atoms with Crippen LogP contribution < -0.4 is 5.32 Å². The lowest BCUT2D eigenvalue weighted by molar-refractivity contribution is -0.129. The van der Waals surface area contributed by atoms with Gasteiger partial charge in [-0.05, 0) is 66.3 Å². The van der Waals surface area contributed by atoms with Crippen LogP contribution in [0.15, 0.2) is 29.2 Å². The number of benzene rings is 1. The second-order valence-electron chi connectivity index (χ2n) is 12.1. The standard InChI is InChI=1S/C28H35N3O6S2/c1-17(32)30-11-10-21-22(14-30)38-25(23(21)26(34)37-5)29-24(33)18-6-8-20(9-7-18)39(35,36)31-16-28(4)13-19(31)12-27(2,3)15-28/h6-9,19H,10-16H2,1-5H3,(H,29,33)/t19-,28+/m0/s1. The van der Waals surface area contributed by atoms with Crippen LogP contribution in [0.2, 0.25) is 0 Å². The third-order valence-electron chi connectivity index (χ3n) is 8.21. The van der Waals surface area contributed by atoms with Crippen LogP contribution in [0.1, 0.15) is 78.1 Å². The van der Waals surface area contributed by atoms with Gasteiger partial charge in [0, 0.05) is 36.5 Å². The van der Waals surface area contributed by atoms with Crippen molar-refractivity contribution in [3.05, 3.63) is 45.8 Å². The molecule has 1 saturated carbocycles. The van der Waals surface area contributed by atoms with E-state index in [0.717, 1.165) is 29.7 Å². The Hall–Kier alpha value is -2.76. The molecule has 9 nitrogen and oxygen atoms in total. The maximum atomic E-state index is 13.6. The summed E-state index contributed by atoms with van der Waals surface area (Å²) in [6.07, 6.45) is 3.19. The van der Waals surface area contributed by atoms with Crippen LogP contribution >= 0.6 is 11.3 Å². The Bertz CT molecular complexity index is 1450. The number of amides is 2. The van der Waals surface area contributed by atoms with Gasteiger partial charge in [-0.3, -0.25) is 9.59 Å². The average molecular weight is 574 g/mol. The molecule has 3 heterocycles. The largest absolute Gasteiger partial charge is 0.465 e. The third kappa shape index (κ3) is 5.12. The molecule has 2 fully saturated rings. The summed E-state index contributed by atoms with van der Waals surface area (Å²) in [6.45, 7) is 9.45. The van der Waals surface area contributed by atoms with E-state index in [4.69, 9.17) is 4.74 Å². The molecule has 39 heavy (non-hydrogen) atoms. The molecule has 2 aromatic rings. The van der Waals surface area contributed by atoms with Crippen LogP contribution in [0.5, 0.6) is 0 Å². The van der Waals surface area contributed by atoms with Crippen molar-refractivity contribution < 1.29 is 27.5 Å². The van der Waals surface area contributed by atoms with Crippen LogP contribution in [0.4, 0.5) is 5.00 Å². The van der Waals surface area contributed by atoms with Gasteiger partial charge in [-0.25, -0.2) is 13.2 Å². The first-order valence-corrected chi connectivity index (χ1v) is 15.4. The second-order valence-corrected chi connectivity index (χ2v) is 15.1. The fourth-order valence-electron chi connectivity index (χ4n) is 6.86. The van der Waals surface area contributed by atoms with E-state index in [9.17, 15) is 22.8 Å². The number of carbonyl (C=O) groups excluding carboxylic acids is 3. The fraction of sp³-hybridized carbons (Fsp3) is 0.536. The van der Waals surface area contributed by atoms with E-state index >= 15 is 0 Å². The molecule has 2 amide bonds. The maximum absolute atomic E-state index is 13.6. The van der Waals surface area contributed by atoms with Crippen LogP contribution in [0, 0.1) is 10.8 Å². The molecule has 0 radical (unpaired) electrons. The average Bonchev–Trinajstić information content (AvgIpc) is 3.35. The van der Waals surface area contributed by atoms with Gasteiger partial charge in [-0.15, -0.1) is 11.3 Å². The van der Waals surface area contributed by atoms with Gasteiger partial charge in [0.1, 0.15) is 5.00 Å². The minimum atomic E-state index is -3.71. The number of nitrogens with zero attached hydrogens (tertiary/aromatic N) is 2. The first-order chi connectivity index (χ1) is 18.2. The van der Waals surface area contributed by atoms with Gasteiger partial charge in [0.2, 0.25) is 15.9 Å². The molecule has 3 aliphatic rings. The summed E-state index contributed by atoms with van der Waals surface area (Å²) in [5.41, 5.74) is 1.43. The van der Waals surface area contributed by atoms with E-state index in [2.05, 4.69) is 26.1 Å². The van der Waals surface area contributed by atoms with Crippen molar-refractivity contribution in [1.82, 2.24) is 9.21 Å². The van der Waals surface area contributed by atoms with Crippen LogP contribution in [-0.2, 0) is 32.5 Å². The number of sulfonamides is 1. The first kappa shape index (κ1) is 27.8. The topological polar surface area (TPSA) is 113 Å². The summed E-state index contributed by atoms with van der Waals surface area (Å²) in [6, 6.07) is 5.93. The van der Waals surface area contributed by atoms with Crippen LogP contribution in [0.3, 0.4) is 0 Å². The van der Waals surface area contributed by atoms with Crippen molar-refractivity contribution in [2.24, 2.45) is 10.8 Å². The van der Waals surface area contributed by atoms with Crippen LogP contribution in [0.25, 0.3) is 0 Å². The first-order valence-electron chi connectivity index (χ1n) is 13.1. The van der Waals surface area contributed by atoms with Crippen molar-refractivity contribution >= 4 is 44.1 Å². The number of ether oxygens (including phenoxy) is 1. The molecule has 1 saturated heterocycles. The SMILES string of the molecule is COC(=O)c1c(NC(=O)c2ccc(S(=O)(=O)N3C[C@]4(C)C[C@@H]3CC(C)(C)C4)cc2)sc2c1CCN(C(C)=O)C2. The number of nitrogens with one attached hydrogen (secondary N) is 1. The monoisotopic (exact) mass is 573 g/mol. The van der Waals surface area contributed by atoms with E-state index in [-0.39, 0.29) is 33.2 Å². The van der Waals surface area contributed by atoms with Crippen molar-refractivity contribution in [2.45, 2.75) is 70.9 Å². The van der Waals surface area contributed by atoms with E-state index in [0.29, 0.717) is 36.6 Å². The number of fused-ring (bicyclic) bond motifs is 3. The number of esters is 1.